The third-order valence-corrected chi connectivity index (χ3v) is 5.76. The number of hydrogen-bond acceptors (Lipinski definition) is 4. The lowest BCUT2D eigenvalue weighted by Gasteiger charge is -2.41. The predicted molar refractivity (Wildman–Crippen MR) is 97.9 cm³/mol. The highest BCUT2D eigenvalue weighted by Crippen LogP contribution is 2.46. The van der Waals surface area contributed by atoms with E-state index in [1.54, 1.807) is 0 Å². The van der Waals surface area contributed by atoms with Crippen LogP contribution in [-0.4, -0.2) is 19.7 Å². The summed E-state index contributed by atoms with van der Waals surface area (Å²) < 4.78 is 2.05. The topological polar surface area (TPSA) is 75.6 Å². The first-order chi connectivity index (χ1) is 12.7. The van der Waals surface area contributed by atoms with Gasteiger partial charge in [0, 0.05) is 42.1 Å². The van der Waals surface area contributed by atoms with Crippen molar-refractivity contribution in [3.8, 4) is 0 Å². The Hall–Kier alpha value is -2.73. The van der Waals surface area contributed by atoms with Crippen molar-refractivity contribution < 1.29 is 0 Å². The van der Waals surface area contributed by atoms with E-state index in [1.165, 1.54) is 5.56 Å². The second kappa shape index (κ2) is 5.92. The van der Waals surface area contributed by atoms with Gasteiger partial charge in [0.2, 0.25) is 0 Å². The van der Waals surface area contributed by atoms with Gasteiger partial charge in [0.1, 0.15) is 0 Å². The minimum Gasteiger partial charge on any atom is -0.337 e. The molecule has 132 valence electrons. The van der Waals surface area contributed by atoms with Crippen molar-refractivity contribution in [1.82, 2.24) is 25.1 Å². The van der Waals surface area contributed by atoms with Gasteiger partial charge in [-0.3, -0.25) is 4.79 Å². The second-order valence-corrected chi connectivity index (χ2v) is 7.24. The van der Waals surface area contributed by atoms with Crippen molar-refractivity contribution in [3.05, 3.63) is 81.3 Å². The lowest BCUT2D eigenvalue weighted by molar-refractivity contribution is 0.331. The second-order valence-electron chi connectivity index (χ2n) is 7.24. The van der Waals surface area contributed by atoms with Gasteiger partial charge in [-0.2, -0.15) is 5.10 Å². The van der Waals surface area contributed by atoms with E-state index in [2.05, 4.69) is 44.8 Å². The Balaban J connectivity index is 1.76. The van der Waals surface area contributed by atoms with E-state index in [9.17, 15) is 4.79 Å². The number of H-pyrrole nitrogens is 1. The van der Waals surface area contributed by atoms with Crippen LogP contribution in [0.2, 0.25) is 0 Å². The average molecular weight is 347 g/mol. The zero-order valence-electron chi connectivity index (χ0n) is 14.6. The first-order valence-corrected chi connectivity index (χ1v) is 9.12. The molecule has 0 saturated carbocycles. The van der Waals surface area contributed by atoms with Gasteiger partial charge in [-0.15, -0.1) is 0 Å². The Bertz CT molecular complexity index is 1010. The van der Waals surface area contributed by atoms with Crippen LogP contribution in [0, 0.1) is 0 Å². The number of aromatic amines is 1. The smallest absolute Gasteiger partial charge is 0.267 e. The largest absolute Gasteiger partial charge is 0.337 e. The third-order valence-electron chi connectivity index (χ3n) is 5.76. The third kappa shape index (κ3) is 2.25. The van der Waals surface area contributed by atoms with Crippen LogP contribution < -0.4 is 10.9 Å². The minimum absolute atomic E-state index is 0.00449. The summed E-state index contributed by atoms with van der Waals surface area (Å²) in [5.41, 5.74) is 5.27. The molecule has 0 fully saturated rings. The molecule has 2 aliphatic rings. The van der Waals surface area contributed by atoms with Crippen molar-refractivity contribution in [3.63, 3.8) is 0 Å². The number of nitrogens with zero attached hydrogens (tertiary/aromatic N) is 3. The van der Waals surface area contributed by atoms with Gasteiger partial charge in [-0.05, 0) is 24.8 Å². The zero-order chi connectivity index (χ0) is 17.7. The van der Waals surface area contributed by atoms with Crippen molar-refractivity contribution in [2.45, 2.75) is 37.3 Å². The van der Waals surface area contributed by atoms with Gasteiger partial charge in [0.15, 0.2) is 0 Å². The zero-order valence-corrected chi connectivity index (χ0v) is 14.6. The summed E-state index contributed by atoms with van der Waals surface area (Å²) in [6.07, 6.45) is 6.61. The maximum atomic E-state index is 12.3. The SMILES string of the molecule is Cn1cncc1C1c2n[nH]c(=O)c3c2C(CCC3)NC1c1ccccc1. The minimum atomic E-state index is -0.0443. The van der Waals surface area contributed by atoms with Gasteiger partial charge in [-0.25, -0.2) is 10.1 Å². The highest BCUT2D eigenvalue weighted by Gasteiger charge is 2.41. The van der Waals surface area contributed by atoms with E-state index in [-0.39, 0.29) is 23.6 Å². The molecule has 3 atom stereocenters. The van der Waals surface area contributed by atoms with Gasteiger partial charge in [0.05, 0.1) is 17.9 Å². The number of benzene rings is 1. The molecule has 1 aliphatic carbocycles. The highest BCUT2D eigenvalue weighted by molar-refractivity contribution is 5.44. The summed E-state index contributed by atoms with van der Waals surface area (Å²) in [7, 11) is 2.01. The van der Waals surface area contributed by atoms with Crippen LogP contribution in [0.25, 0.3) is 0 Å². The molecule has 2 aromatic heterocycles. The molecule has 1 aliphatic heterocycles. The summed E-state index contributed by atoms with van der Waals surface area (Å²) in [5.74, 6) is 0.00449. The molecule has 6 nitrogen and oxygen atoms in total. The molecule has 0 bridgehead atoms. The quantitative estimate of drug-likeness (QED) is 0.746. The van der Waals surface area contributed by atoms with Crippen molar-refractivity contribution in [1.29, 1.82) is 0 Å². The van der Waals surface area contributed by atoms with Gasteiger partial charge < -0.3 is 9.88 Å². The van der Waals surface area contributed by atoms with Crippen molar-refractivity contribution in [2.24, 2.45) is 7.05 Å². The first-order valence-electron chi connectivity index (χ1n) is 9.12. The Labute approximate surface area is 151 Å². The van der Waals surface area contributed by atoms with Crippen LogP contribution in [0.4, 0.5) is 0 Å². The normalized spacial score (nSPS) is 24.3. The Morgan fingerprint density at radius 3 is 2.85 bits per heavy atom. The lowest BCUT2D eigenvalue weighted by Crippen LogP contribution is -2.42. The van der Waals surface area contributed by atoms with Gasteiger partial charge in [-0.1, -0.05) is 30.3 Å². The van der Waals surface area contributed by atoms with Gasteiger partial charge in [0.25, 0.3) is 5.56 Å². The van der Waals surface area contributed by atoms with Crippen LogP contribution in [0.15, 0.2) is 47.7 Å². The average Bonchev–Trinajstić information content (AvgIpc) is 3.10. The molecule has 0 radical (unpaired) electrons. The Morgan fingerprint density at radius 2 is 2.08 bits per heavy atom. The molecule has 2 N–H and O–H groups in total. The summed E-state index contributed by atoms with van der Waals surface area (Å²) in [6, 6.07) is 10.8. The molecule has 6 heteroatoms. The number of aromatic nitrogens is 4. The number of hydrogen-bond donors (Lipinski definition) is 2. The lowest BCUT2D eigenvalue weighted by atomic mass is 9.75. The van der Waals surface area contributed by atoms with Gasteiger partial charge >= 0.3 is 0 Å². The highest BCUT2D eigenvalue weighted by atomic mass is 16.1. The number of rotatable bonds is 2. The Kier molecular flexibility index (Phi) is 3.53. The standard InChI is InChI=1S/C20H21N5O/c1-25-11-21-10-15(25)17-18(12-6-3-2-4-7-12)22-14-9-5-8-13-16(14)19(17)23-24-20(13)26/h2-4,6-7,10-11,14,17-18,22H,5,8-9H2,1H3,(H,24,26). The predicted octanol–water partition coefficient (Wildman–Crippen LogP) is 2.36. The van der Waals surface area contributed by atoms with E-state index >= 15 is 0 Å². The fourth-order valence-electron chi connectivity index (χ4n) is 4.58. The monoisotopic (exact) mass is 347 g/mol. The fourth-order valence-corrected chi connectivity index (χ4v) is 4.58. The molecule has 1 aromatic carbocycles. The van der Waals surface area contributed by atoms with E-state index in [4.69, 9.17) is 0 Å². The van der Waals surface area contributed by atoms with Crippen LogP contribution >= 0.6 is 0 Å². The number of imidazole rings is 1. The Morgan fingerprint density at radius 1 is 1.23 bits per heavy atom. The fraction of sp³-hybridized carbons (Fsp3) is 0.350. The molecule has 3 unspecified atom stereocenters. The van der Waals surface area contributed by atoms with E-state index < -0.39 is 0 Å². The molecular formula is C20H21N5O. The maximum Gasteiger partial charge on any atom is 0.267 e. The molecule has 0 saturated heterocycles. The molecular weight excluding hydrogens is 326 g/mol. The molecule has 3 heterocycles. The van der Waals surface area contributed by atoms with Crippen LogP contribution in [-0.2, 0) is 13.5 Å². The van der Waals surface area contributed by atoms with Crippen molar-refractivity contribution in [2.75, 3.05) is 0 Å². The number of aryl methyl sites for hydroxylation is 1. The summed E-state index contributed by atoms with van der Waals surface area (Å²) >= 11 is 0. The molecule has 26 heavy (non-hydrogen) atoms. The van der Waals surface area contributed by atoms with E-state index in [1.807, 2.05) is 30.2 Å². The molecule has 3 aromatic rings. The summed E-state index contributed by atoms with van der Waals surface area (Å²) in [4.78, 5) is 16.7. The van der Waals surface area contributed by atoms with Crippen LogP contribution in [0.3, 0.4) is 0 Å². The maximum absolute atomic E-state index is 12.3. The van der Waals surface area contributed by atoms with E-state index in [0.29, 0.717) is 0 Å². The molecule has 5 rings (SSSR count). The first kappa shape index (κ1) is 15.5. The molecule has 0 spiro atoms. The van der Waals surface area contributed by atoms with E-state index in [0.717, 1.165) is 41.8 Å². The van der Waals surface area contributed by atoms with Crippen molar-refractivity contribution >= 4 is 0 Å². The summed E-state index contributed by atoms with van der Waals surface area (Å²) in [6.45, 7) is 0. The van der Waals surface area contributed by atoms with Crippen LogP contribution in [0.1, 0.15) is 58.9 Å². The molecule has 0 amide bonds. The number of nitrogens with one attached hydrogen (secondary N) is 2. The summed E-state index contributed by atoms with van der Waals surface area (Å²) in [5, 5.41) is 11.1. The van der Waals surface area contributed by atoms with Crippen LogP contribution in [0.5, 0.6) is 0 Å².